The van der Waals surface area contributed by atoms with Crippen LogP contribution in [0.15, 0.2) is 12.5 Å². The summed E-state index contributed by atoms with van der Waals surface area (Å²) in [5.41, 5.74) is 6.28. The van der Waals surface area contributed by atoms with Gasteiger partial charge in [0, 0.05) is 30.5 Å². The standard InChI is InChI=1S/C20H32N6O7S/c1-10(2)5-12(21)17(29)26-15(8-34)19(31)24-13(3-4-16(27)28)18(30)25-14(20(32)33)6-11-7-22-9-23-11/h7,9-10,12-15,34H,3-6,8,21H2,1-2H3,(H,22,23)(H,24,31)(H,25,30)(H,26,29)(H,27,28)(H,32,33). The quantitative estimate of drug-likeness (QED) is 0.133. The fraction of sp³-hybridized carbons (Fsp3) is 0.600. The molecule has 1 aromatic heterocycles. The lowest BCUT2D eigenvalue weighted by Crippen LogP contribution is -2.58. The number of amides is 3. The molecular formula is C20H32N6O7S. The molecule has 0 aliphatic heterocycles. The highest BCUT2D eigenvalue weighted by Crippen LogP contribution is 2.06. The van der Waals surface area contributed by atoms with Crippen LogP contribution in [0.1, 0.15) is 38.8 Å². The van der Waals surface area contributed by atoms with E-state index in [9.17, 15) is 29.1 Å². The third-order valence-corrected chi connectivity index (χ3v) is 5.12. The van der Waals surface area contributed by atoms with E-state index in [1.807, 2.05) is 13.8 Å². The van der Waals surface area contributed by atoms with Crippen LogP contribution in [0.2, 0.25) is 0 Å². The zero-order chi connectivity index (χ0) is 25.8. The minimum Gasteiger partial charge on any atom is -0.481 e. The SMILES string of the molecule is CC(C)CC(N)C(=O)NC(CS)C(=O)NC(CCC(=O)O)C(=O)NC(Cc1cnc[nH]1)C(=O)O. The van der Waals surface area contributed by atoms with Crippen LogP contribution >= 0.6 is 12.6 Å². The maximum Gasteiger partial charge on any atom is 0.326 e. The number of carbonyl (C=O) groups is 5. The molecule has 8 N–H and O–H groups in total. The molecule has 190 valence electrons. The van der Waals surface area contributed by atoms with Gasteiger partial charge in [0.15, 0.2) is 0 Å². The molecule has 13 nitrogen and oxygen atoms in total. The second-order valence-electron chi connectivity index (χ2n) is 8.15. The number of carboxylic acid groups (broad SMARTS) is 2. The van der Waals surface area contributed by atoms with E-state index in [0.29, 0.717) is 12.1 Å². The van der Waals surface area contributed by atoms with Gasteiger partial charge in [-0.15, -0.1) is 0 Å². The van der Waals surface area contributed by atoms with Gasteiger partial charge in [0.25, 0.3) is 0 Å². The fourth-order valence-electron chi connectivity index (χ4n) is 2.99. The number of thiol groups is 1. The average Bonchev–Trinajstić information content (AvgIpc) is 3.26. The smallest absolute Gasteiger partial charge is 0.326 e. The van der Waals surface area contributed by atoms with Crippen molar-refractivity contribution < 1.29 is 34.2 Å². The van der Waals surface area contributed by atoms with Crippen LogP contribution in [0, 0.1) is 5.92 Å². The molecule has 0 aliphatic carbocycles. The highest BCUT2D eigenvalue weighted by Gasteiger charge is 2.30. The molecule has 3 amide bonds. The Hall–Kier alpha value is -3.13. The van der Waals surface area contributed by atoms with Gasteiger partial charge in [-0.25, -0.2) is 9.78 Å². The zero-order valence-corrected chi connectivity index (χ0v) is 19.9. The summed E-state index contributed by atoms with van der Waals surface area (Å²) in [7, 11) is 0. The molecule has 0 radical (unpaired) electrons. The van der Waals surface area contributed by atoms with E-state index in [0.717, 1.165) is 0 Å². The van der Waals surface area contributed by atoms with E-state index in [1.54, 1.807) is 0 Å². The Morgan fingerprint density at radius 3 is 2.12 bits per heavy atom. The Morgan fingerprint density at radius 1 is 1.03 bits per heavy atom. The van der Waals surface area contributed by atoms with Gasteiger partial charge < -0.3 is 36.9 Å². The van der Waals surface area contributed by atoms with Crippen molar-refractivity contribution in [1.82, 2.24) is 25.9 Å². The maximum absolute atomic E-state index is 12.8. The molecule has 0 spiro atoms. The first-order valence-corrected chi connectivity index (χ1v) is 11.3. The van der Waals surface area contributed by atoms with Crippen molar-refractivity contribution in [3.05, 3.63) is 18.2 Å². The maximum atomic E-state index is 12.8. The number of nitrogens with one attached hydrogen (secondary N) is 4. The predicted molar refractivity (Wildman–Crippen MR) is 124 cm³/mol. The molecule has 0 bridgehead atoms. The first-order chi connectivity index (χ1) is 15.9. The molecule has 0 aromatic carbocycles. The minimum atomic E-state index is -1.36. The summed E-state index contributed by atoms with van der Waals surface area (Å²) >= 11 is 4.06. The summed E-state index contributed by atoms with van der Waals surface area (Å²) in [6, 6.07) is -4.71. The predicted octanol–water partition coefficient (Wildman–Crippen LogP) is -1.34. The molecule has 4 unspecified atom stereocenters. The number of nitrogens with zero attached hydrogens (tertiary/aromatic N) is 1. The first kappa shape index (κ1) is 28.9. The highest BCUT2D eigenvalue weighted by molar-refractivity contribution is 7.80. The number of rotatable bonds is 15. The molecule has 0 saturated carbocycles. The van der Waals surface area contributed by atoms with Gasteiger partial charge in [-0.05, 0) is 18.8 Å². The Labute approximate surface area is 202 Å². The largest absolute Gasteiger partial charge is 0.481 e. The van der Waals surface area contributed by atoms with Gasteiger partial charge in [0.05, 0.1) is 12.4 Å². The lowest BCUT2D eigenvalue weighted by molar-refractivity contribution is -0.143. The second-order valence-corrected chi connectivity index (χ2v) is 8.52. The number of H-pyrrole nitrogens is 1. The topological polar surface area (TPSA) is 217 Å². The van der Waals surface area contributed by atoms with Crippen LogP contribution in [0.4, 0.5) is 0 Å². The number of nitrogens with two attached hydrogens (primary N) is 1. The van der Waals surface area contributed by atoms with Crippen LogP contribution in [-0.2, 0) is 30.4 Å². The van der Waals surface area contributed by atoms with Crippen molar-refractivity contribution in [3.8, 4) is 0 Å². The van der Waals surface area contributed by atoms with E-state index in [-0.39, 0.29) is 24.5 Å². The number of aromatic amines is 1. The van der Waals surface area contributed by atoms with Crippen LogP contribution < -0.4 is 21.7 Å². The molecule has 0 fully saturated rings. The van der Waals surface area contributed by atoms with Gasteiger partial charge in [-0.3, -0.25) is 19.2 Å². The third-order valence-electron chi connectivity index (χ3n) is 4.75. The molecule has 4 atom stereocenters. The highest BCUT2D eigenvalue weighted by atomic mass is 32.1. The van der Waals surface area contributed by atoms with Crippen molar-refractivity contribution in [1.29, 1.82) is 0 Å². The molecule has 1 rings (SSSR count). The third kappa shape index (κ3) is 10.2. The van der Waals surface area contributed by atoms with E-state index in [1.165, 1.54) is 12.5 Å². The Balaban J connectivity index is 2.90. The van der Waals surface area contributed by atoms with Crippen molar-refractivity contribution in [2.24, 2.45) is 11.7 Å². The van der Waals surface area contributed by atoms with Gasteiger partial charge in [-0.2, -0.15) is 12.6 Å². The normalized spacial score (nSPS) is 14.5. The lowest BCUT2D eigenvalue weighted by Gasteiger charge is -2.24. The molecule has 34 heavy (non-hydrogen) atoms. The number of imidazole rings is 1. The Morgan fingerprint density at radius 2 is 1.62 bits per heavy atom. The summed E-state index contributed by atoms with van der Waals surface area (Å²) < 4.78 is 0. The molecule has 0 saturated heterocycles. The van der Waals surface area contributed by atoms with Gasteiger partial charge in [-0.1, -0.05) is 13.8 Å². The Kier molecular flexibility index (Phi) is 12.1. The zero-order valence-electron chi connectivity index (χ0n) is 19.0. The van der Waals surface area contributed by atoms with Crippen molar-refractivity contribution >= 4 is 42.3 Å². The van der Waals surface area contributed by atoms with E-state index >= 15 is 0 Å². The number of aliphatic carboxylic acids is 2. The van der Waals surface area contributed by atoms with E-state index < -0.39 is 60.2 Å². The molecular weight excluding hydrogens is 468 g/mol. The fourth-order valence-corrected chi connectivity index (χ4v) is 3.24. The van der Waals surface area contributed by atoms with E-state index in [2.05, 4.69) is 38.5 Å². The monoisotopic (exact) mass is 500 g/mol. The van der Waals surface area contributed by atoms with Crippen LogP contribution in [-0.4, -0.2) is 79.8 Å². The van der Waals surface area contributed by atoms with Crippen LogP contribution in [0.3, 0.4) is 0 Å². The van der Waals surface area contributed by atoms with E-state index in [4.69, 9.17) is 10.8 Å². The summed E-state index contributed by atoms with van der Waals surface area (Å²) in [6.07, 6.45) is 2.27. The second kappa shape index (κ2) is 14.2. The summed E-state index contributed by atoms with van der Waals surface area (Å²) in [6.45, 7) is 3.77. The molecule has 1 heterocycles. The number of carboxylic acids is 2. The number of carbonyl (C=O) groups excluding carboxylic acids is 3. The summed E-state index contributed by atoms with van der Waals surface area (Å²) in [4.78, 5) is 66.9. The lowest BCUT2D eigenvalue weighted by atomic mass is 10.0. The average molecular weight is 501 g/mol. The van der Waals surface area contributed by atoms with Crippen molar-refractivity contribution in [2.75, 3.05) is 5.75 Å². The van der Waals surface area contributed by atoms with Crippen molar-refractivity contribution in [2.45, 2.75) is 63.7 Å². The number of aromatic nitrogens is 2. The van der Waals surface area contributed by atoms with Crippen molar-refractivity contribution in [3.63, 3.8) is 0 Å². The van der Waals surface area contributed by atoms with Crippen LogP contribution in [0.25, 0.3) is 0 Å². The first-order valence-electron chi connectivity index (χ1n) is 10.6. The molecule has 14 heteroatoms. The summed E-state index contributed by atoms with van der Waals surface area (Å²) in [5.74, 6) is -4.74. The molecule has 1 aromatic rings. The number of hydrogen-bond donors (Lipinski definition) is 8. The molecule has 0 aliphatic rings. The van der Waals surface area contributed by atoms with Gasteiger partial charge >= 0.3 is 11.9 Å². The summed E-state index contributed by atoms with van der Waals surface area (Å²) in [5, 5.41) is 25.6. The minimum absolute atomic E-state index is 0.107. The number of hydrogen-bond acceptors (Lipinski definition) is 8. The van der Waals surface area contributed by atoms with Gasteiger partial charge in [0.2, 0.25) is 17.7 Å². The van der Waals surface area contributed by atoms with Gasteiger partial charge in [0.1, 0.15) is 18.1 Å². The Bertz CT molecular complexity index is 848. The van der Waals surface area contributed by atoms with Crippen LogP contribution in [0.5, 0.6) is 0 Å².